The van der Waals surface area contributed by atoms with Crippen molar-refractivity contribution >= 4 is 27.3 Å². The number of hydrazine groups is 1. The lowest BCUT2D eigenvalue weighted by atomic mass is 10.1. The third-order valence-corrected chi connectivity index (χ3v) is 3.87. The van der Waals surface area contributed by atoms with E-state index in [0.29, 0.717) is 0 Å². The number of benzene rings is 1. The van der Waals surface area contributed by atoms with Crippen molar-refractivity contribution in [2.45, 2.75) is 12.5 Å². The van der Waals surface area contributed by atoms with Crippen molar-refractivity contribution in [3.05, 3.63) is 50.9 Å². The standard InChI is InChI=1S/C11H12BrN3S/c12-9-4-2-1-3-8(9)10(15-13)7-11-14-5-6-16-11/h1-6,10,15H,7,13H2. The molecule has 0 amide bonds. The molecule has 3 N–H and O–H groups in total. The van der Waals surface area contributed by atoms with Gasteiger partial charge in [-0.1, -0.05) is 34.1 Å². The summed E-state index contributed by atoms with van der Waals surface area (Å²) < 4.78 is 1.06. The van der Waals surface area contributed by atoms with Gasteiger partial charge in [-0.25, -0.2) is 4.98 Å². The molecule has 1 aromatic heterocycles. The maximum absolute atomic E-state index is 5.60. The first-order chi connectivity index (χ1) is 7.81. The summed E-state index contributed by atoms with van der Waals surface area (Å²) >= 11 is 5.17. The lowest BCUT2D eigenvalue weighted by molar-refractivity contribution is 0.549. The van der Waals surface area contributed by atoms with Crippen molar-refractivity contribution < 1.29 is 0 Å². The number of thiazole rings is 1. The van der Waals surface area contributed by atoms with Crippen molar-refractivity contribution in [3.8, 4) is 0 Å². The predicted molar refractivity (Wildman–Crippen MR) is 70.0 cm³/mol. The van der Waals surface area contributed by atoms with Crippen LogP contribution in [0.2, 0.25) is 0 Å². The van der Waals surface area contributed by atoms with E-state index in [-0.39, 0.29) is 6.04 Å². The topological polar surface area (TPSA) is 50.9 Å². The largest absolute Gasteiger partial charge is 0.271 e. The molecule has 0 aliphatic heterocycles. The number of hydrogen-bond acceptors (Lipinski definition) is 4. The van der Waals surface area contributed by atoms with Crippen LogP contribution in [-0.4, -0.2) is 4.98 Å². The Bertz CT molecular complexity index is 444. The Hall–Kier alpha value is -0.750. The minimum absolute atomic E-state index is 0.0849. The number of hydrogen-bond donors (Lipinski definition) is 2. The number of nitrogens with two attached hydrogens (primary N) is 1. The molecular weight excluding hydrogens is 286 g/mol. The van der Waals surface area contributed by atoms with Gasteiger partial charge in [0.15, 0.2) is 0 Å². The van der Waals surface area contributed by atoms with E-state index in [4.69, 9.17) is 5.84 Å². The monoisotopic (exact) mass is 297 g/mol. The first-order valence-corrected chi connectivity index (χ1v) is 6.57. The van der Waals surface area contributed by atoms with Crippen LogP contribution in [0.3, 0.4) is 0 Å². The zero-order valence-corrected chi connectivity index (χ0v) is 11.0. The van der Waals surface area contributed by atoms with Gasteiger partial charge >= 0.3 is 0 Å². The normalized spacial score (nSPS) is 12.6. The van der Waals surface area contributed by atoms with E-state index >= 15 is 0 Å². The molecule has 0 aliphatic rings. The maximum Gasteiger partial charge on any atom is 0.0944 e. The summed E-state index contributed by atoms with van der Waals surface area (Å²) in [5.41, 5.74) is 3.99. The molecule has 0 saturated carbocycles. The van der Waals surface area contributed by atoms with Crippen LogP contribution in [0, 0.1) is 0 Å². The third-order valence-electron chi connectivity index (χ3n) is 2.34. The molecule has 16 heavy (non-hydrogen) atoms. The molecule has 0 saturated heterocycles. The predicted octanol–water partition coefficient (Wildman–Crippen LogP) is 2.65. The fourth-order valence-corrected chi connectivity index (χ4v) is 2.77. The molecule has 0 radical (unpaired) electrons. The van der Waals surface area contributed by atoms with Gasteiger partial charge in [-0.15, -0.1) is 11.3 Å². The number of nitrogens with zero attached hydrogens (tertiary/aromatic N) is 1. The highest BCUT2D eigenvalue weighted by atomic mass is 79.9. The second kappa shape index (κ2) is 5.54. The van der Waals surface area contributed by atoms with Crippen LogP contribution in [0.4, 0.5) is 0 Å². The van der Waals surface area contributed by atoms with Crippen molar-refractivity contribution in [2.24, 2.45) is 5.84 Å². The zero-order valence-electron chi connectivity index (χ0n) is 8.56. The molecule has 1 aromatic carbocycles. The van der Waals surface area contributed by atoms with Crippen LogP contribution in [-0.2, 0) is 6.42 Å². The molecule has 2 rings (SSSR count). The smallest absolute Gasteiger partial charge is 0.0944 e. The molecule has 0 spiro atoms. The van der Waals surface area contributed by atoms with Crippen LogP contribution < -0.4 is 11.3 Å². The first kappa shape index (κ1) is 11.7. The van der Waals surface area contributed by atoms with Crippen LogP contribution in [0.15, 0.2) is 40.3 Å². The van der Waals surface area contributed by atoms with Crippen LogP contribution in [0.1, 0.15) is 16.6 Å². The molecule has 0 fully saturated rings. The Balaban J connectivity index is 2.20. The average molecular weight is 298 g/mol. The molecule has 1 unspecified atom stereocenters. The average Bonchev–Trinajstić information content (AvgIpc) is 2.80. The molecule has 1 heterocycles. The Morgan fingerprint density at radius 3 is 2.88 bits per heavy atom. The first-order valence-electron chi connectivity index (χ1n) is 4.90. The van der Waals surface area contributed by atoms with Gasteiger partial charge in [0.1, 0.15) is 0 Å². The van der Waals surface area contributed by atoms with E-state index in [2.05, 4.69) is 32.4 Å². The SMILES string of the molecule is NNC(Cc1nccs1)c1ccccc1Br. The summed E-state index contributed by atoms with van der Waals surface area (Å²) in [6.07, 6.45) is 2.62. The van der Waals surface area contributed by atoms with Crippen LogP contribution in [0.5, 0.6) is 0 Å². The number of rotatable bonds is 4. The van der Waals surface area contributed by atoms with Gasteiger partial charge in [0.05, 0.1) is 11.0 Å². The Kier molecular flexibility index (Phi) is 4.06. The van der Waals surface area contributed by atoms with Crippen molar-refractivity contribution in [2.75, 3.05) is 0 Å². The van der Waals surface area contributed by atoms with Gasteiger partial charge in [0.25, 0.3) is 0 Å². The van der Waals surface area contributed by atoms with E-state index in [1.807, 2.05) is 29.8 Å². The summed E-state index contributed by atoms with van der Waals surface area (Å²) in [4.78, 5) is 4.27. The van der Waals surface area contributed by atoms with E-state index in [1.165, 1.54) is 0 Å². The van der Waals surface area contributed by atoms with Gasteiger partial charge in [0.2, 0.25) is 0 Å². The summed E-state index contributed by atoms with van der Waals surface area (Å²) in [5, 5.41) is 3.06. The second-order valence-electron chi connectivity index (χ2n) is 3.37. The lowest BCUT2D eigenvalue weighted by Crippen LogP contribution is -2.29. The number of nitrogens with one attached hydrogen (secondary N) is 1. The van der Waals surface area contributed by atoms with Gasteiger partial charge in [0, 0.05) is 22.5 Å². The number of aromatic nitrogens is 1. The molecule has 5 heteroatoms. The molecule has 2 aromatic rings. The van der Waals surface area contributed by atoms with Gasteiger partial charge in [-0.2, -0.15) is 0 Å². The number of halogens is 1. The summed E-state index contributed by atoms with van der Waals surface area (Å²) in [5.74, 6) is 5.60. The highest BCUT2D eigenvalue weighted by Gasteiger charge is 2.14. The quantitative estimate of drug-likeness (QED) is 0.674. The molecule has 3 nitrogen and oxygen atoms in total. The fourth-order valence-electron chi connectivity index (χ4n) is 1.54. The Morgan fingerprint density at radius 2 is 2.25 bits per heavy atom. The van der Waals surface area contributed by atoms with Gasteiger partial charge in [-0.3, -0.25) is 11.3 Å². The summed E-state index contributed by atoms with van der Waals surface area (Å²) in [6.45, 7) is 0. The fraction of sp³-hybridized carbons (Fsp3) is 0.182. The van der Waals surface area contributed by atoms with E-state index < -0.39 is 0 Å². The zero-order chi connectivity index (χ0) is 11.4. The third kappa shape index (κ3) is 2.68. The highest BCUT2D eigenvalue weighted by molar-refractivity contribution is 9.10. The molecule has 0 bridgehead atoms. The Labute approximate surface area is 107 Å². The molecule has 0 aliphatic carbocycles. The highest BCUT2D eigenvalue weighted by Crippen LogP contribution is 2.25. The molecule has 1 atom stereocenters. The van der Waals surface area contributed by atoms with Crippen molar-refractivity contribution in [1.82, 2.24) is 10.4 Å². The second-order valence-corrected chi connectivity index (χ2v) is 5.20. The minimum Gasteiger partial charge on any atom is -0.271 e. The van der Waals surface area contributed by atoms with Crippen LogP contribution in [0.25, 0.3) is 0 Å². The minimum atomic E-state index is 0.0849. The molecule has 84 valence electrons. The van der Waals surface area contributed by atoms with Gasteiger partial charge < -0.3 is 0 Å². The van der Waals surface area contributed by atoms with Crippen LogP contribution >= 0.6 is 27.3 Å². The molecular formula is C11H12BrN3S. The summed E-state index contributed by atoms with van der Waals surface area (Å²) in [7, 11) is 0. The van der Waals surface area contributed by atoms with Crippen molar-refractivity contribution in [3.63, 3.8) is 0 Å². The van der Waals surface area contributed by atoms with E-state index in [1.54, 1.807) is 11.3 Å². The summed E-state index contributed by atoms with van der Waals surface area (Å²) in [6, 6.07) is 8.15. The lowest BCUT2D eigenvalue weighted by Gasteiger charge is -2.16. The Morgan fingerprint density at radius 1 is 1.44 bits per heavy atom. The van der Waals surface area contributed by atoms with Crippen molar-refractivity contribution in [1.29, 1.82) is 0 Å². The van der Waals surface area contributed by atoms with Gasteiger partial charge in [-0.05, 0) is 11.6 Å². The van der Waals surface area contributed by atoms with E-state index in [9.17, 15) is 0 Å². The van der Waals surface area contributed by atoms with E-state index in [0.717, 1.165) is 21.5 Å². The maximum atomic E-state index is 5.60.